The number of alkyl halides is 3. The summed E-state index contributed by atoms with van der Waals surface area (Å²) in [6, 6.07) is 9.22. The van der Waals surface area contributed by atoms with E-state index in [1.54, 1.807) is 12.1 Å². The van der Waals surface area contributed by atoms with Gasteiger partial charge < -0.3 is 9.80 Å². The van der Waals surface area contributed by atoms with Crippen LogP contribution in [0, 0.1) is 0 Å². The van der Waals surface area contributed by atoms with Gasteiger partial charge in [0, 0.05) is 37.4 Å². The smallest absolute Gasteiger partial charge is 0.353 e. The third-order valence-corrected chi connectivity index (χ3v) is 5.42. The van der Waals surface area contributed by atoms with Crippen molar-refractivity contribution in [2.45, 2.75) is 6.18 Å². The van der Waals surface area contributed by atoms with Crippen LogP contribution in [0.25, 0.3) is 5.69 Å². The molecular formula is C20H16Cl2F3N5O. The molecule has 11 heteroatoms. The lowest BCUT2D eigenvalue weighted by atomic mass is 10.1. The van der Waals surface area contributed by atoms with Crippen LogP contribution in [0.1, 0.15) is 16.1 Å². The zero-order valence-electron chi connectivity index (χ0n) is 16.0. The molecule has 1 aromatic carbocycles. The molecule has 4 rings (SSSR count). The van der Waals surface area contributed by atoms with E-state index in [0.717, 1.165) is 10.9 Å². The van der Waals surface area contributed by atoms with Crippen molar-refractivity contribution in [2.24, 2.45) is 0 Å². The highest BCUT2D eigenvalue weighted by Gasteiger charge is 2.41. The Morgan fingerprint density at radius 2 is 1.55 bits per heavy atom. The molecule has 1 saturated heterocycles. The van der Waals surface area contributed by atoms with Gasteiger partial charge in [-0.05, 0) is 36.4 Å². The van der Waals surface area contributed by atoms with E-state index in [1.807, 2.05) is 4.90 Å². The molecule has 1 aliphatic heterocycles. The zero-order valence-corrected chi connectivity index (χ0v) is 17.5. The second-order valence-corrected chi connectivity index (χ2v) is 7.78. The molecule has 162 valence electrons. The van der Waals surface area contributed by atoms with Crippen LogP contribution in [-0.4, -0.2) is 51.8 Å². The highest BCUT2D eigenvalue weighted by Crippen LogP contribution is 2.34. The molecule has 3 aromatic rings. The third kappa shape index (κ3) is 4.47. The number of anilines is 1. The Kier molecular flexibility index (Phi) is 5.81. The second kappa shape index (κ2) is 8.39. The summed E-state index contributed by atoms with van der Waals surface area (Å²) in [5.74, 6) is -0.0145. The van der Waals surface area contributed by atoms with Crippen LogP contribution < -0.4 is 4.90 Å². The molecule has 2 aromatic heterocycles. The van der Waals surface area contributed by atoms with E-state index in [4.69, 9.17) is 23.2 Å². The minimum Gasteiger partial charge on any atom is -0.353 e. The van der Waals surface area contributed by atoms with Crippen molar-refractivity contribution in [3.63, 3.8) is 0 Å². The SMILES string of the molecule is O=C(c1cnn(-c2ccc(Cl)cc2)c1C(F)(F)F)N1CCN(c2ccc(Cl)cn2)CC1. The van der Waals surface area contributed by atoms with Crippen LogP contribution in [0.5, 0.6) is 0 Å². The van der Waals surface area contributed by atoms with Gasteiger partial charge in [0.2, 0.25) is 0 Å². The number of aromatic nitrogens is 3. The number of rotatable bonds is 3. The molecule has 0 bridgehead atoms. The van der Waals surface area contributed by atoms with E-state index in [9.17, 15) is 18.0 Å². The fourth-order valence-corrected chi connectivity index (χ4v) is 3.66. The molecule has 0 N–H and O–H groups in total. The number of hydrogen-bond acceptors (Lipinski definition) is 4. The predicted octanol–water partition coefficient (Wildman–Crippen LogP) is 4.56. The van der Waals surface area contributed by atoms with Gasteiger partial charge in [-0.3, -0.25) is 4.79 Å². The van der Waals surface area contributed by atoms with Gasteiger partial charge in [0.1, 0.15) is 5.82 Å². The Morgan fingerprint density at radius 1 is 0.903 bits per heavy atom. The molecule has 6 nitrogen and oxygen atoms in total. The molecule has 0 unspecified atom stereocenters. The monoisotopic (exact) mass is 469 g/mol. The number of carbonyl (C=O) groups excluding carboxylic acids is 1. The summed E-state index contributed by atoms with van der Waals surface area (Å²) in [6.07, 6.45) is -2.28. The van der Waals surface area contributed by atoms with Crippen molar-refractivity contribution < 1.29 is 18.0 Å². The van der Waals surface area contributed by atoms with Gasteiger partial charge in [-0.2, -0.15) is 18.3 Å². The summed E-state index contributed by atoms with van der Waals surface area (Å²) in [5, 5.41) is 4.73. The molecule has 0 radical (unpaired) electrons. The molecule has 0 spiro atoms. The van der Waals surface area contributed by atoms with Crippen LogP contribution in [0.4, 0.5) is 19.0 Å². The minimum atomic E-state index is -4.77. The van der Waals surface area contributed by atoms with Gasteiger partial charge in [0.15, 0.2) is 5.69 Å². The fourth-order valence-electron chi connectivity index (χ4n) is 3.42. The summed E-state index contributed by atoms with van der Waals surface area (Å²) < 4.78 is 42.3. The number of pyridine rings is 1. The lowest BCUT2D eigenvalue weighted by Crippen LogP contribution is -2.49. The van der Waals surface area contributed by atoms with E-state index in [0.29, 0.717) is 29.0 Å². The first-order valence-electron chi connectivity index (χ1n) is 9.31. The average Bonchev–Trinajstić information content (AvgIpc) is 3.20. The summed E-state index contributed by atoms with van der Waals surface area (Å²) in [7, 11) is 0. The van der Waals surface area contributed by atoms with Crippen molar-refractivity contribution in [2.75, 3.05) is 31.1 Å². The fraction of sp³-hybridized carbons (Fsp3) is 0.250. The molecule has 1 aliphatic rings. The highest BCUT2D eigenvalue weighted by atomic mass is 35.5. The maximum absolute atomic E-state index is 13.9. The zero-order chi connectivity index (χ0) is 22.2. The predicted molar refractivity (Wildman–Crippen MR) is 111 cm³/mol. The number of nitrogens with zero attached hydrogens (tertiary/aromatic N) is 5. The van der Waals surface area contributed by atoms with Crippen LogP contribution in [0.15, 0.2) is 48.8 Å². The number of hydrogen-bond donors (Lipinski definition) is 0. The first kappa shape index (κ1) is 21.5. The largest absolute Gasteiger partial charge is 0.434 e. The first-order valence-corrected chi connectivity index (χ1v) is 10.1. The first-order chi connectivity index (χ1) is 14.7. The Hall–Kier alpha value is -2.78. The second-order valence-electron chi connectivity index (χ2n) is 6.91. The highest BCUT2D eigenvalue weighted by molar-refractivity contribution is 6.30. The lowest BCUT2D eigenvalue weighted by molar-refractivity contribution is -0.143. The van der Waals surface area contributed by atoms with E-state index >= 15 is 0 Å². The molecule has 0 saturated carbocycles. The van der Waals surface area contributed by atoms with Gasteiger partial charge in [0.05, 0.1) is 22.5 Å². The van der Waals surface area contributed by atoms with Gasteiger partial charge in [-0.1, -0.05) is 23.2 Å². The maximum Gasteiger partial charge on any atom is 0.434 e. The van der Waals surface area contributed by atoms with Gasteiger partial charge >= 0.3 is 6.18 Å². The molecule has 1 amide bonds. The van der Waals surface area contributed by atoms with Crippen molar-refractivity contribution in [1.29, 1.82) is 0 Å². The van der Waals surface area contributed by atoms with Crippen LogP contribution >= 0.6 is 23.2 Å². The van der Waals surface area contributed by atoms with E-state index in [2.05, 4.69) is 10.1 Å². The van der Waals surface area contributed by atoms with Crippen molar-refractivity contribution in [3.05, 3.63) is 70.1 Å². The molecular weight excluding hydrogens is 454 g/mol. The molecule has 3 heterocycles. The lowest BCUT2D eigenvalue weighted by Gasteiger charge is -2.35. The Morgan fingerprint density at radius 3 is 2.13 bits per heavy atom. The van der Waals surface area contributed by atoms with E-state index < -0.39 is 23.3 Å². The summed E-state index contributed by atoms with van der Waals surface area (Å²) in [6.45, 7) is 1.39. The average molecular weight is 470 g/mol. The van der Waals surface area contributed by atoms with Crippen molar-refractivity contribution >= 4 is 34.9 Å². The number of carbonyl (C=O) groups is 1. The molecule has 31 heavy (non-hydrogen) atoms. The number of amides is 1. The quantitative estimate of drug-likeness (QED) is 0.564. The number of piperazine rings is 1. The standard InChI is InChI=1S/C20H16Cl2F3N5O/c21-13-1-4-15(5-2-13)30-18(20(23,24)25)16(12-27-30)19(31)29-9-7-28(8-10-29)17-6-3-14(22)11-26-17/h1-6,11-12H,7-10H2. The number of benzene rings is 1. The summed E-state index contributed by atoms with van der Waals surface area (Å²) in [4.78, 5) is 20.5. The van der Waals surface area contributed by atoms with E-state index in [-0.39, 0.29) is 18.8 Å². The van der Waals surface area contributed by atoms with Crippen LogP contribution in [0.3, 0.4) is 0 Å². The van der Waals surface area contributed by atoms with E-state index in [1.165, 1.54) is 35.4 Å². The normalized spacial score (nSPS) is 14.7. The van der Waals surface area contributed by atoms with Crippen LogP contribution in [-0.2, 0) is 6.18 Å². The number of halogens is 5. The molecule has 0 aliphatic carbocycles. The molecule has 0 atom stereocenters. The third-order valence-electron chi connectivity index (χ3n) is 4.94. The van der Waals surface area contributed by atoms with Crippen LogP contribution in [0.2, 0.25) is 10.0 Å². The minimum absolute atomic E-state index is 0.161. The van der Waals surface area contributed by atoms with Gasteiger partial charge in [-0.25, -0.2) is 9.67 Å². The summed E-state index contributed by atoms with van der Waals surface area (Å²) >= 11 is 11.7. The topological polar surface area (TPSA) is 54.3 Å². The van der Waals surface area contributed by atoms with Gasteiger partial charge in [-0.15, -0.1) is 0 Å². The maximum atomic E-state index is 13.9. The Labute approximate surface area is 185 Å². The van der Waals surface area contributed by atoms with Gasteiger partial charge in [0.25, 0.3) is 5.91 Å². The summed E-state index contributed by atoms with van der Waals surface area (Å²) in [5.41, 5.74) is -1.43. The molecule has 1 fully saturated rings. The van der Waals surface area contributed by atoms with Crippen molar-refractivity contribution in [3.8, 4) is 5.69 Å². The van der Waals surface area contributed by atoms with Crippen molar-refractivity contribution in [1.82, 2.24) is 19.7 Å². The Balaban J connectivity index is 1.56. The Bertz CT molecular complexity index is 1080.